The molecule has 1 heterocycles. The smallest absolute Gasteiger partial charge is 0.164 e. The van der Waals surface area contributed by atoms with E-state index in [1.54, 1.807) is 0 Å². The van der Waals surface area contributed by atoms with Crippen LogP contribution in [-0.4, -0.2) is 34.2 Å². The molecule has 1 fully saturated rings. The third kappa shape index (κ3) is 1.77. The first-order valence-electron chi connectivity index (χ1n) is 4.26. The predicted molar refractivity (Wildman–Crippen MR) is 46.5 cm³/mol. The van der Waals surface area contributed by atoms with E-state index in [2.05, 4.69) is 25.7 Å². The van der Waals surface area contributed by atoms with Gasteiger partial charge in [0.1, 0.15) is 0 Å². The Bertz CT molecular complexity index is 214. The van der Waals surface area contributed by atoms with Gasteiger partial charge in [-0.15, -0.1) is 0 Å². The zero-order chi connectivity index (χ0) is 9.41. The molecular formula is C9H16N2O. The lowest BCUT2D eigenvalue weighted by atomic mass is 10.1. The lowest BCUT2D eigenvalue weighted by molar-refractivity contribution is 0.0832. The van der Waals surface area contributed by atoms with Crippen LogP contribution in [0.1, 0.15) is 27.2 Å². The number of rotatable bonds is 0. The molecule has 68 valence electrons. The minimum absolute atomic E-state index is 0.0569. The minimum Gasteiger partial charge on any atom is -0.374 e. The highest BCUT2D eigenvalue weighted by Gasteiger charge is 2.40. The highest BCUT2D eigenvalue weighted by atomic mass is 16.3. The maximum Gasteiger partial charge on any atom is 0.164 e. The lowest BCUT2D eigenvalue weighted by Crippen LogP contribution is -2.42. The van der Waals surface area contributed by atoms with Gasteiger partial charge in [0.05, 0.1) is 6.07 Å². The Hall–Kier alpha value is -0.590. The molecule has 1 atom stereocenters. The van der Waals surface area contributed by atoms with Crippen molar-refractivity contribution in [3.8, 4) is 6.07 Å². The molecule has 12 heavy (non-hydrogen) atoms. The first-order chi connectivity index (χ1) is 5.37. The van der Waals surface area contributed by atoms with Crippen LogP contribution in [0.25, 0.3) is 0 Å². The van der Waals surface area contributed by atoms with Gasteiger partial charge in [0, 0.05) is 25.0 Å². The summed E-state index contributed by atoms with van der Waals surface area (Å²) in [7, 11) is 0. The largest absolute Gasteiger partial charge is 0.374 e. The topological polar surface area (TPSA) is 47.3 Å². The summed E-state index contributed by atoms with van der Waals surface area (Å²) in [6, 6.07) is 1.96. The normalized spacial score (nSPS) is 31.9. The van der Waals surface area contributed by atoms with Gasteiger partial charge in [0.2, 0.25) is 0 Å². The molecule has 0 saturated carbocycles. The van der Waals surface area contributed by atoms with E-state index in [1.807, 2.05) is 6.07 Å². The van der Waals surface area contributed by atoms with Crippen LogP contribution < -0.4 is 0 Å². The average molecular weight is 168 g/mol. The van der Waals surface area contributed by atoms with Gasteiger partial charge >= 0.3 is 0 Å². The molecule has 0 aromatic rings. The molecule has 3 nitrogen and oxygen atoms in total. The van der Waals surface area contributed by atoms with Gasteiger partial charge < -0.3 is 5.11 Å². The molecule has 0 amide bonds. The summed E-state index contributed by atoms with van der Waals surface area (Å²) in [5.74, 6) is 0. The number of aliphatic hydroxyl groups is 1. The van der Waals surface area contributed by atoms with E-state index in [0.717, 1.165) is 6.54 Å². The van der Waals surface area contributed by atoms with Crippen molar-refractivity contribution in [1.29, 1.82) is 5.26 Å². The molecule has 3 heteroatoms. The summed E-state index contributed by atoms with van der Waals surface area (Å²) in [6.07, 6.45) is 0.570. The Morgan fingerprint density at radius 2 is 2.08 bits per heavy atom. The van der Waals surface area contributed by atoms with E-state index in [-0.39, 0.29) is 5.54 Å². The van der Waals surface area contributed by atoms with Crippen LogP contribution in [0, 0.1) is 11.3 Å². The number of likely N-dealkylation sites (tertiary alicyclic amines) is 1. The van der Waals surface area contributed by atoms with Gasteiger partial charge in [-0.3, -0.25) is 4.90 Å². The summed E-state index contributed by atoms with van der Waals surface area (Å²) in [4.78, 5) is 2.14. The molecule has 1 unspecified atom stereocenters. The van der Waals surface area contributed by atoms with E-state index in [1.165, 1.54) is 0 Å². The van der Waals surface area contributed by atoms with Gasteiger partial charge in [0.25, 0.3) is 0 Å². The van der Waals surface area contributed by atoms with Crippen molar-refractivity contribution in [2.45, 2.75) is 38.3 Å². The molecule has 1 N–H and O–H groups in total. The third-order valence-corrected chi connectivity index (χ3v) is 2.40. The van der Waals surface area contributed by atoms with Crippen molar-refractivity contribution in [1.82, 2.24) is 4.90 Å². The Balaban J connectivity index is 2.65. The molecule has 0 bridgehead atoms. The van der Waals surface area contributed by atoms with Crippen molar-refractivity contribution in [3.05, 3.63) is 0 Å². The van der Waals surface area contributed by atoms with Gasteiger partial charge in [-0.05, 0) is 20.8 Å². The first kappa shape index (κ1) is 9.50. The summed E-state index contributed by atoms with van der Waals surface area (Å²) in [5.41, 5.74) is -1.05. The van der Waals surface area contributed by atoms with Crippen molar-refractivity contribution in [2.24, 2.45) is 0 Å². The summed E-state index contributed by atoms with van der Waals surface area (Å²) < 4.78 is 0. The van der Waals surface area contributed by atoms with E-state index in [9.17, 15) is 5.11 Å². The number of hydrogen-bond donors (Lipinski definition) is 1. The Morgan fingerprint density at radius 1 is 1.50 bits per heavy atom. The molecule has 0 radical (unpaired) electrons. The molecule has 1 saturated heterocycles. The Labute approximate surface area is 73.6 Å². The first-order valence-corrected chi connectivity index (χ1v) is 4.26. The Morgan fingerprint density at radius 3 is 2.33 bits per heavy atom. The van der Waals surface area contributed by atoms with Crippen molar-refractivity contribution in [3.63, 3.8) is 0 Å². The molecule has 0 aromatic heterocycles. The lowest BCUT2D eigenvalue weighted by Gasteiger charge is -2.31. The fraction of sp³-hybridized carbons (Fsp3) is 0.889. The van der Waals surface area contributed by atoms with E-state index in [4.69, 9.17) is 5.26 Å². The van der Waals surface area contributed by atoms with E-state index >= 15 is 0 Å². The standard InChI is InChI=1S/C9H16N2O/c1-8(2,3)11-5-4-9(12,6-10)7-11/h12H,4-5,7H2,1-3H3. The molecular weight excluding hydrogens is 152 g/mol. The Kier molecular flexibility index (Phi) is 2.15. The second-order valence-electron chi connectivity index (χ2n) is 4.49. The monoisotopic (exact) mass is 168 g/mol. The van der Waals surface area contributed by atoms with Crippen molar-refractivity contribution < 1.29 is 5.11 Å². The predicted octanol–water partition coefficient (Wildman–Crippen LogP) is 0.745. The van der Waals surface area contributed by atoms with Crippen molar-refractivity contribution in [2.75, 3.05) is 13.1 Å². The fourth-order valence-electron chi connectivity index (χ4n) is 1.46. The second-order valence-corrected chi connectivity index (χ2v) is 4.49. The summed E-state index contributed by atoms with van der Waals surface area (Å²) in [6.45, 7) is 7.57. The quantitative estimate of drug-likeness (QED) is 0.543. The zero-order valence-corrected chi connectivity index (χ0v) is 7.96. The van der Waals surface area contributed by atoms with Gasteiger partial charge in [-0.1, -0.05) is 0 Å². The average Bonchev–Trinajstić information content (AvgIpc) is 2.32. The molecule has 1 aliphatic heterocycles. The van der Waals surface area contributed by atoms with Crippen LogP contribution in [0.4, 0.5) is 0 Å². The number of nitrogens with zero attached hydrogens (tertiary/aromatic N) is 2. The third-order valence-electron chi connectivity index (χ3n) is 2.40. The van der Waals surface area contributed by atoms with Crippen LogP contribution in [0.2, 0.25) is 0 Å². The highest BCUT2D eigenvalue weighted by Crippen LogP contribution is 2.26. The maximum atomic E-state index is 9.63. The number of hydrogen-bond acceptors (Lipinski definition) is 3. The number of nitriles is 1. The maximum absolute atomic E-state index is 9.63. The minimum atomic E-state index is -1.10. The zero-order valence-electron chi connectivity index (χ0n) is 7.96. The van der Waals surface area contributed by atoms with Gasteiger partial charge in [-0.25, -0.2) is 0 Å². The molecule has 0 aromatic carbocycles. The fourth-order valence-corrected chi connectivity index (χ4v) is 1.46. The second kappa shape index (κ2) is 2.72. The van der Waals surface area contributed by atoms with Gasteiger partial charge in [-0.2, -0.15) is 5.26 Å². The highest BCUT2D eigenvalue weighted by molar-refractivity contribution is 5.08. The molecule has 0 spiro atoms. The van der Waals surface area contributed by atoms with Crippen LogP contribution in [0.3, 0.4) is 0 Å². The van der Waals surface area contributed by atoms with Gasteiger partial charge in [0.15, 0.2) is 5.60 Å². The summed E-state index contributed by atoms with van der Waals surface area (Å²) >= 11 is 0. The van der Waals surface area contributed by atoms with Crippen LogP contribution in [0.5, 0.6) is 0 Å². The molecule has 1 aliphatic rings. The number of β-amino-alcohol motifs (C(OH)–C–C–N with tert-alkyl or cyclic N) is 1. The molecule has 1 rings (SSSR count). The van der Waals surface area contributed by atoms with Crippen LogP contribution >= 0.6 is 0 Å². The van der Waals surface area contributed by atoms with Crippen LogP contribution in [-0.2, 0) is 0 Å². The van der Waals surface area contributed by atoms with E-state index < -0.39 is 5.60 Å². The summed E-state index contributed by atoms with van der Waals surface area (Å²) in [5, 5.41) is 18.3. The van der Waals surface area contributed by atoms with Crippen LogP contribution in [0.15, 0.2) is 0 Å². The molecule has 0 aliphatic carbocycles. The van der Waals surface area contributed by atoms with E-state index in [0.29, 0.717) is 13.0 Å². The van der Waals surface area contributed by atoms with Crippen molar-refractivity contribution >= 4 is 0 Å². The SMILES string of the molecule is CC(C)(C)N1CCC(O)(C#N)C1.